The van der Waals surface area contributed by atoms with E-state index < -0.39 is 0 Å². The number of rotatable bonds is 7. The van der Waals surface area contributed by atoms with Crippen LogP contribution in [0.3, 0.4) is 0 Å². The number of likely N-dealkylation sites (N-methyl/N-ethyl adjacent to an activating group) is 1. The fourth-order valence-electron chi connectivity index (χ4n) is 2.48. The summed E-state index contributed by atoms with van der Waals surface area (Å²) in [4.78, 5) is 2.12. The Hall–Kier alpha value is -1.82. The molecule has 134 valence electrons. The van der Waals surface area contributed by atoms with E-state index in [2.05, 4.69) is 15.5 Å². The minimum atomic E-state index is 0.119. The molecular formula is C19H24ClN3OS. The summed E-state index contributed by atoms with van der Waals surface area (Å²) in [7, 11) is 4.05. The van der Waals surface area contributed by atoms with Gasteiger partial charge >= 0.3 is 0 Å². The number of nitrogens with one attached hydrogen (secondary N) is 2. The maximum absolute atomic E-state index is 6.33. The van der Waals surface area contributed by atoms with E-state index in [0.717, 1.165) is 22.0 Å². The summed E-state index contributed by atoms with van der Waals surface area (Å²) in [5.41, 5.74) is 1.99. The zero-order valence-corrected chi connectivity index (χ0v) is 16.3. The Morgan fingerprint density at radius 1 is 1.16 bits per heavy atom. The fourth-order valence-corrected chi connectivity index (χ4v) is 2.94. The lowest BCUT2D eigenvalue weighted by atomic mass is 10.1. The molecule has 0 saturated heterocycles. The molecule has 25 heavy (non-hydrogen) atoms. The molecule has 2 aromatic rings. The van der Waals surface area contributed by atoms with Gasteiger partial charge in [0.05, 0.1) is 12.6 Å². The lowest BCUT2D eigenvalue weighted by Crippen LogP contribution is -2.36. The van der Waals surface area contributed by atoms with E-state index in [1.165, 1.54) is 0 Å². The molecule has 0 unspecified atom stereocenters. The SMILES string of the molecule is CCOc1ccc(NC(=S)NC[C@@H](c2ccccc2Cl)N(C)C)cc1. The summed E-state index contributed by atoms with van der Waals surface area (Å²) >= 11 is 11.7. The zero-order chi connectivity index (χ0) is 18.2. The topological polar surface area (TPSA) is 36.5 Å². The minimum Gasteiger partial charge on any atom is -0.494 e. The van der Waals surface area contributed by atoms with Crippen LogP contribution in [-0.2, 0) is 0 Å². The van der Waals surface area contributed by atoms with Crippen LogP contribution < -0.4 is 15.4 Å². The molecular weight excluding hydrogens is 354 g/mol. The molecule has 2 rings (SSSR count). The highest BCUT2D eigenvalue weighted by Gasteiger charge is 2.17. The Morgan fingerprint density at radius 2 is 1.84 bits per heavy atom. The van der Waals surface area contributed by atoms with Crippen molar-refractivity contribution in [2.45, 2.75) is 13.0 Å². The first-order valence-electron chi connectivity index (χ1n) is 8.19. The first kappa shape index (κ1) is 19.5. The van der Waals surface area contributed by atoms with Crippen LogP contribution in [0.5, 0.6) is 5.75 Å². The second-order valence-corrected chi connectivity index (χ2v) is 6.61. The number of ether oxygens (including phenoxy) is 1. The van der Waals surface area contributed by atoms with Crippen molar-refractivity contribution < 1.29 is 4.74 Å². The van der Waals surface area contributed by atoms with E-state index in [1.807, 2.05) is 69.6 Å². The zero-order valence-electron chi connectivity index (χ0n) is 14.8. The van der Waals surface area contributed by atoms with Gasteiger partial charge in [-0.15, -0.1) is 0 Å². The first-order valence-corrected chi connectivity index (χ1v) is 8.98. The number of benzene rings is 2. The van der Waals surface area contributed by atoms with Crippen LogP contribution in [0.1, 0.15) is 18.5 Å². The standard InChI is InChI=1S/C19H24ClN3OS/c1-4-24-15-11-9-14(10-12-15)22-19(25)21-13-18(23(2)3)16-7-5-6-8-17(16)20/h5-12,18H,4,13H2,1-3H3,(H2,21,22,25)/t18-/m0/s1. The number of hydrogen-bond acceptors (Lipinski definition) is 3. The van der Waals surface area contributed by atoms with Crippen molar-refractivity contribution >= 4 is 34.6 Å². The molecule has 0 amide bonds. The molecule has 0 aliphatic rings. The summed E-state index contributed by atoms with van der Waals surface area (Å²) in [6.45, 7) is 3.27. The van der Waals surface area contributed by atoms with Crippen molar-refractivity contribution in [3.8, 4) is 5.75 Å². The van der Waals surface area contributed by atoms with Crippen molar-refractivity contribution in [1.82, 2.24) is 10.2 Å². The predicted molar refractivity (Wildman–Crippen MR) is 110 cm³/mol. The van der Waals surface area contributed by atoms with E-state index in [1.54, 1.807) is 0 Å². The molecule has 1 atom stereocenters. The summed E-state index contributed by atoms with van der Waals surface area (Å²) in [5, 5.41) is 7.78. The normalized spacial score (nSPS) is 11.9. The van der Waals surface area contributed by atoms with Crippen LogP contribution >= 0.6 is 23.8 Å². The van der Waals surface area contributed by atoms with Gasteiger partial charge in [-0.05, 0) is 69.1 Å². The van der Waals surface area contributed by atoms with E-state index in [4.69, 9.17) is 28.6 Å². The Balaban J connectivity index is 1.94. The molecule has 0 aliphatic carbocycles. The average molecular weight is 378 g/mol. The van der Waals surface area contributed by atoms with Gasteiger partial charge in [0.1, 0.15) is 5.75 Å². The van der Waals surface area contributed by atoms with Crippen LogP contribution in [0, 0.1) is 0 Å². The molecule has 4 nitrogen and oxygen atoms in total. The van der Waals surface area contributed by atoms with Crippen molar-refractivity contribution in [2.75, 3.05) is 32.6 Å². The maximum Gasteiger partial charge on any atom is 0.170 e. The molecule has 0 heterocycles. The molecule has 0 saturated carbocycles. The summed E-state index contributed by atoms with van der Waals surface area (Å²) in [6, 6.07) is 15.7. The summed E-state index contributed by atoms with van der Waals surface area (Å²) in [5.74, 6) is 0.846. The molecule has 2 aromatic carbocycles. The van der Waals surface area contributed by atoms with Gasteiger partial charge in [0, 0.05) is 17.3 Å². The lowest BCUT2D eigenvalue weighted by Gasteiger charge is -2.26. The van der Waals surface area contributed by atoms with Crippen molar-refractivity contribution in [3.05, 3.63) is 59.1 Å². The Kier molecular flexibility index (Phi) is 7.50. The highest BCUT2D eigenvalue weighted by molar-refractivity contribution is 7.80. The van der Waals surface area contributed by atoms with Crippen LogP contribution in [-0.4, -0.2) is 37.3 Å². The molecule has 0 fully saturated rings. The summed E-state index contributed by atoms with van der Waals surface area (Å²) in [6.07, 6.45) is 0. The number of nitrogens with zero attached hydrogens (tertiary/aromatic N) is 1. The van der Waals surface area contributed by atoms with E-state index in [-0.39, 0.29) is 6.04 Å². The van der Waals surface area contributed by atoms with Gasteiger partial charge in [-0.1, -0.05) is 29.8 Å². The van der Waals surface area contributed by atoms with E-state index in [0.29, 0.717) is 18.3 Å². The monoisotopic (exact) mass is 377 g/mol. The Labute approximate surface area is 160 Å². The molecule has 0 aliphatic heterocycles. The van der Waals surface area contributed by atoms with E-state index >= 15 is 0 Å². The van der Waals surface area contributed by atoms with Crippen LogP contribution in [0.4, 0.5) is 5.69 Å². The molecule has 0 radical (unpaired) electrons. The van der Waals surface area contributed by atoms with Crippen LogP contribution in [0.15, 0.2) is 48.5 Å². The third-order valence-corrected chi connectivity index (χ3v) is 4.36. The molecule has 6 heteroatoms. The van der Waals surface area contributed by atoms with Gasteiger partial charge in [0.2, 0.25) is 0 Å². The largest absolute Gasteiger partial charge is 0.494 e. The predicted octanol–water partition coefficient (Wildman–Crippen LogP) is 4.33. The van der Waals surface area contributed by atoms with Gasteiger partial charge < -0.3 is 20.3 Å². The maximum atomic E-state index is 6.33. The van der Waals surface area contributed by atoms with Crippen molar-refractivity contribution in [1.29, 1.82) is 0 Å². The van der Waals surface area contributed by atoms with Gasteiger partial charge in [-0.25, -0.2) is 0 Å². The van der Waals surface area contributed by atoms with Gasteiger partial charge in [0.15, 0.2) is 5.11 Å². The number of anilines is 1. The van der Waals surface area contributed by atoms with E-state index in [9.17, 15) is 0 Å². The van der Waals surface area contributed by atoms with Crippen molar-refractivity contribution in [2.24, 2.45) is 0 Å². The van der Waals surface area contributed by atoms with Crippen LogP contribution in [0.2, 0.25) is 5.02 Å². The molecule has 0 spiro atoms. The first-order chi connectivity index (χ1) is 12.0. The van der Waals surface area contributed by atoms with Crippen LogP contribution in [0.25, 0.3) is 0 Å². The Bertz CT molecular complexity index is 691. The minimum absolute atomic E-state index is 0.119. The lowest BCUT2D eigenvalue weighted by molar-refractivity contribution is 0.299. The second kappa shape index (κ2) is 9.61. The van der Waals surface area contributed by atoms with Gasteiger partial charge in [-0.2, -0.15) is 0 Å². The molecule has 2 N–H and O–H groups in total. The van der Waals surface area contributed by atoms with Crippen molar-refractivity contribution in [3.63, 3.8) is 0 Å². The third kappa shape index (κ3) is 5.88. The number of thiocarbonyl (C=S) groups is 1. The Morgan fingerprint density at radius 3 is 2.44 bits per heavy atom. The number of halogens is 1. The smallest absolute Gasteiger partial charge is 0.170 e. The second-order valence-electron chi connectivity index (χ2n) is 5.79. The van der Waals surface area contributed by atoms with Gasteiger partial charge in [-0.3, -0.25) is 0 Å². The quantitative estimate of drug-likeness (QED) is 0.702. The average Bonchev–Trinajstić information content (AvgIpc) is 2.58. The highest BCUT2D eigenvalue weighted by atomic mass is 35.5. The molecule has 0 aromatic heterocycles. The molecule has 0 bridgehead atoms. The highest BCUT2D eigenvalue weighted by Crippen LogP contribution is 2.25. The number of hydrogen-bond donors (Lipinski definition) is 2. The van der Waals surface area contributed by atoms with Gasteiger partial charge in [0.25, 0.3) is 0 Å². The third-order valence-electron chi connectivity index (χ3n) is 3.77. The fraction of sp³-hybridized carbons (Fsp3) is 0.316. The summed E-state index contributed by atoms with van der Waals surface area (Å²) < 4.78 is 5.44.